The van der Waals surface area contributed by atoms with Gasteiger partial charge >= 0.3 is 6.03 Å². The quantitative estimate of drug-likeness (QED) is 0.824. The molecule has 0 unspecified atom stereocenters. The Bertz CT molecular complexity index is 455. The van der Waals surface area contributed by atoms with Crippen molar-refractivity contribution in [3.05, 3.63) is 17.5 Å². The Morgan fingerprint density at radius 3 is 2.89 bits per heavy atom. The topological polar surface area (TPSA) is 50.6 Å². The van der Waals surface area contributed by atoms with Crippen LogP contribution in [-0.4, -0.2) is 60.0 Å². The molecule has 1 aromatic heterocycles. The number of aromatic nitrogens is 2. The third-order valence-corrected chi connectivity index (χ3v) is 3.44. The van der Waals surface area contributed by atoms with E-state index in [0.717, 1.165) is 12.2 Å². The molecule has 0 saturated heterocycles. The monoisotopic (exact) mass is 266 g/mol. The van der Waals surface area contributed by atoms with E-state index in [9.17, 15) is 4.79 Å². The summed E-state index contributed by atoms with van der Waals surface area (Å²) in [5.41, 5.74) is 2.21. The van der Waals surface area contributed by atoms with Gasteiger partial charge in [-0.25, -0.2) is 4.79 Å². The molecule has 6 heteroatoms. The number of rotatable bonds is 3. The van der Waals surface area contributed by atoms with Crippen LogP contribution in [0.2, 0.25) is 0 Å². The van der Waals surface area contributed by atoms with Crippen molar-refractivity contribution in [3.63, 3.8) is 0 Å². The van der Waals surface area contributed by atoms with Crippen molar-refractivity contribution in [1.82, 2.24) is 19.6 Å². The first-order valence-corrected chi connectivity index (χ1v) is 6.58. The van der Waals surface area contributed by atoms with Gasteiger partial charge in [0.25, 0.3) is 0 Å². The second-order valence-electron chi connectivity index (χ2n) is 5.10. The molecular formula is C13H22N4O2. The Balaban J connectivity index is 2.26. The molecule has 1 aromatic rings. The minimum absolute atomic E-state index is 0.0257. The summed E-state index contributed by atoms with van der Waals surface area (Å²) in [6, 6.07) is 0.0257. The van der Waals surface area contributed by atoms with Gasteiger partial charge in [0, 0.05) is 52.0 Å². The molecule has 2 heterocycles. The van der Waals surface area contributed by atoms with Crippen molar-refractivity contribution in [2.24, 2.45) is 0 Å². The maximum absolute atomic E-state index is 12.1. The molecule has 1 aliphatic rings. The van der Waals surface area contributed by atoms with E-state index in [1.165, 1.54) is 5.56 Å². The number of ether oxygens (including phenoxy) is 1. The summed E-state index contributed by atoms with van der Waals surface area (Å²) in [6.45, 7) is 4.79. The average Bonchev–Trinajstić information content (AvgIpc) is 2.81. The van der Waals surface area contributed by atoms with Gasteiger partial charge in [-0.15, -0.1) is 0 Å². The molecule has 0 bridgehead atoms. The van der Waals surface area contributed by atoms with Crippen molar-refractivity contribution >= 4 is 6.03 Å². The molecule has 2 rings (SSSR count). The van der Waals surface area contributed by atoms with Crippen LogP contribution in [0.5, 0.6) is 0 Å². The molecule has 0 N–H and O–H groups in total. The maximum Gasteiger partial charge on any atom is 0.319 e. The Kier molecular flexibility index (Phi) is 4.09. The number of methoxy groups -OCH3 is 1. The standard InChI is InChI=1S/C13H22N4O2/c1-5-17-7-11-10(9-19-4)6-16(8-12(11)14-17)13(18)15(2)3/h7,10H,5-6,8-9H2,1-4H3/t10-/m0/s1. The summed E-state index contributed by atoms with van der Waals surface area (Å²) < 4.78 is 7.21. The van der Waals surface area contributed by atoms with Gasteiger partial charge in [-0.3, -0.25) is 4.68 Å². The molecule has 6 nitrogen and oxygen atoms in total. The molecule has 0 aliphatic carbocycles. The SMILES string of the molecule is CCn1cc2c(n1)CN(C(=O)N(C)C)C[C@H]2COC. The molecule has 0 saturated carbocycles. The van der Waals surface area contributed by atoms with Gasteiger partial charge in [0.15, 0.2) is 0 Å². The second kappa shape index (κ2) is 5.61. The Labute approximate surface area is 113 Å². The van der Waals surface area contributed by atoms with E-state index in [-0.39, 0.29) is 11.9 Å². The van der Waals surface area contributed by atoms with Crippen LogP contribution in [0.4, 0.5) is 4.79 Å². The molecule has 0 fully saturated rings. The van der Waals surface area contributed by atoms with Gasteiger partial charge in [0.2, 0.25) is 0 Å². The third kappa shape index (κ3) is 2.73. The van der Waals surface area contributed by atoms with Crippen molar-refractivity contribution in [2.45, 2.75) is 25.9 Å². The van der Waals surface area contributed by atoms with Gasteiger partial charge in [-0.05, 0) is 6.92 Å². The highest BCUT2D eigenvalue weighted by Gasteiger charge is 2.31. The van der Waals surface area contributed by atoms with Crippen molar-refractivity contribution < 1.29 is 9.53 Å². The molecule has 1 aliphatic heterocycles. The van der Waals surface area contributed by atoms with Gasteiger partial charge in [-0.2, -0.15) is 5.10 Å². The van der Waals surface area contributed by atoms with E-state index in [4.69, 9.17) is 4.74 Å². The van der Waals surface area contributed by atoms with Crippen molar-refractivity contribution in [3.8, 4) is 0 Å². The molecule has 106 valence electrons. The first-order valence-electron chi connectivity index (χ1n) is 6.58. The lowest BCUT2D eigenvalue weighted by atomic mass is 9.96. The number of urea groups is 1. The van der Waals surface area contributed by atoms with Crippen molar-refractivity contribution in [2.75, 3.05) is 34.4 Å². The molecule has 0 radical (unpaired) electrons. The molecular weight excluding hydrogens is 244 g/mol. The van der Waals surface area contributed by atoms with E-state index < -0.39 is 0 Å². The zero-order chi connectivity index (χ0) is 14.0. The highest BCUT2D eigenvalue weighted by Crippen LogP contribution is 2.28. The summed E-state index contributed by atoms with van der Waals surface area (Å²) in [5.74, 6) is 0.206. The fourth-order valence-corrected chi connectivity index (χ4v) is 2.48. The average molecular weight is 266 g/mol. The lowest BCUT2D eigenvalue weighted by Gasteiger charge is -2.33. The summed E-state index contributed by atoms with van der Waals surface area (Å²) in [7, 11) is 5.23. The normalized spacial score (nSPS) is 18.3. The highest BCUT2D eigenvalue weighted by molar-refractivity contribution is 5.74. The van der Waals surface area contributed by atoms with E-state index in [1.54, 1.807) is 26.1 Å². The lowest BCUT2D eigenvalue weighted by Crippen LogP contribution is -2.44. The predicted molar refractivity (Wildman–Crippen MR) is 72.0 cm³/mol. The van der Waals surface area contributed by atoms with Crippen LogP contribution in [-0.2, 0) is 17.8 Å². The number of hydrogen-bond acceptors (Lipinski definition) is 3. The number of fused-ring (bicyclic) bond motifs is 1. The van der Waals surface area contributed by atoms with Crippen LogP contribution < -0.4 is 0 Å². The third-order valence-electron chi connectivity index (χ3n) is 3.44. The van der Waals surface area contributed by atoms with Crippen molar-refractivity contribution in [1.29, 1.82) is 0 Å². The minimum atomic E-state index is 0.0257. The molecule has 0 aromatic carbocycles. The zero-order valence-corrected chi connectivity index (χ0v) is 12.1. The minimum Gasteiger partial charge on any atom is -0.384 e. The van der Waals surface area contributed by atoms with Crippen LogP contribution in [0.25, 0.3) is 0 Å². The lowest BCUT2D eigenvalue weighted by molar-refractivity contribution is 0.130. The molecule has 2 amide bonds. The number of aryl methyl sites for hydroxylation is 1. The van der Waals surface area contributed by atoms with E-state index in [2.05, 4.69) is 18.2 Å². The zero-order valence-electron chi connectivity index (χ0n) is 12.1. The number of carbonyl (C=O) groups excluding carboxylic acids is 1. The number of amides is 2. The first-order chi connectivity index (χ1) is 9.06. The Morgan fingerprint density at radius 2 is 2.32 bits per heavy atom. The van der Waals surface area contributed by atoms with E-state index in [1.807, 2.05) is 9.58 Å². The first kappa shape index (κ1) is 13.9. The van der Waals surface area contributed by atoms with Crippen LogP contribution in [0.1, 0.15) is 24.1 Å². The largest absolute Gasteiger partial charge is 0.384 e. The predicted octanol–water partition coefficient (Wildman–Crippen LogP) is 1.13. The summed E-state index contributed by atoms with van der Waals surface area (Å²) in [5, 5.41) is 4.54. The fourth-order valence-electron chi connectivity index (χ4n) is 2.48. The molecule has 0 spiro atoms. The fraction of sp³-hybridized carbons (Fsp3) is 0.692. The number of carbonyl (C=O) groups is 1. The number of hydrogen-bond donors (Lipinski definition) is 0. The summed E-state index contributed by atoms with van der Waals surface area (Å²) in [6.07, 6.45) is 2.08. The molecule has 1 atom stereocenters. The van der Waals surface area contributed by atoms with Gasteiger partial charge in [0.05, 0.1) is 18.8 Å². The maximum atomic E-state index is 12.1. The van der Waals surface area contributed by atoms with Gasteiger partial charge < -0.3 is 14.5 Å². The van der Waals surface area contributed by atoms with Crippen LogP contribution in [0.3, 0.4) is 0 Å². The smallest absolute Gasteiger partial charge is 0.319 e. The van der Waals surface area contributed by atoms with Gasteiger partial charge in [-0.1, -0.05) is 0 Å². The van der Waals surface area contributed by atoms with Crippen LogP contribution >= 0.6 is 0 Å². The van der Waals surface area contributed by atoms with E-state index in [0.29, 0.717) is 19.7 Å². The Hall–Kier alpha value is -1.56. The summed E-state index contributed by atoms with van der Waals surface area (Å²) in [4.78, 5) is 15.5. The number of nitrogens with zero attached hydrogens (tertiary/aromatic N) is 4. The van der Waals surface area contributed by atoms with Crippen LogP contribution in [0, 0.1) is 0 Å². The molecule has 19 heavy (non-hydrogen) atoms. The second-order valence-corrected chi connectivity index (χ2v) is 5.10. The van der Waals surface area contributed by atoms with Gasteiger partial charge in [0.1, 0.15) is 0 Å². The Morgan fingerprint density at radius 1 is 1.58 bits per heavy atom. The van der Waals surface area contributed by atoms with E-state index >= 15 is 0 Å². The van der Waals surface area contributed by atoms with Crippen LogP contribution in [0.15, 0.2) is 6.20 Å². The highest BCUT2D eigenvalue weighted by atomic mass is 16.5. The summed E-state index contributed by atoms with van der Waals surface area (Å²) >= 11 is 0.